The van der Waals surface area contributed by atoms with Crippen LogP contribution in [-0.2, 0) is 0 Å². The van der Waals surface area contributed by atoms with Gasteiger partial charge in [0.1, 0.15) is 5.82 Å². The van der Waals surface area contributed by atoms with Crippen LogP contribution in [0.3, 0.4) is 0 Å². The number of carbonyl (C=O) groups excluding carboxylic acids is 1. The zero-order valence-corrected chi connectivity index (χ0v) is 15.9. The molecule has 8 nitrogen and oxygen atoms in total. The van der Waals surface area contributed by atoms with E-state index in [4.69, 9.17) is 0 Å². The number of halogens is 1. The number of non-ortho nitro benzene ring substituents is 1. The Morgan fingerprint density at radius 1 is 0.967 bits per heavy atom. The number of rotatable bonds is 4. The Kier molecular flexibility index (Phi) is 5.34. The molecule has 1 saturated heterocycles. The lowest BCUT2D eigenvalue weighted by molar-refractivity contribution is -0.384. The third kappa shape index (κ3) is 4.09. The van der Waals surface area contributed by atoms with Gasteiger partial charge in [-0.25, -0.2) is 4.39 Å². The van der Waals surface area contributed by atoms with E-state index in [0.29, 0.717) is 43.3 Å². The van der Waals surface area contributed by atoms with Gasteiger partial charge >= 0.3 is 0 Å². The van der Waals surface area contributed by atoms with E-state index in [-0.39, 0.29) is 17.4 Å². The molecular formula is C21H18FN5O3. The van der Waals surface area contributed by atoms with Crippen molar-refractivity contribution in [2.45, 2.75) is 0 Å². The van der Waals surface area contributed by atoms with Gasteiger partial charge in [-0.2, -0.15) is 0 Å². The highest BCUT2D eigenvalue weighted by atomic mass is 19.1. The largest absolute Gasteiger partial charge is 0.352 e. The van der Waals surface area contributed by atoms with Gasteiger partial charge < -0.3 is 9.80 Å². The molecule has 1 aliphatic rings. The van der Waals surface area contributed by atoms with Gasteiger partial charge in [-0.3, -0.25) is 14.9 Å². The van der Waals surface area contributed by atoms with Crippen LogP contribution in [0.2, 0.25) is 0 Å². The molecule has 152 valence electrons. The smallest absolute Gasteiger partial charge is 0.270 e. The SMILES string of the molecule is O=C(c1cccc([N+](=O)[O-])c1)N1CCN(c2ccc(-c3ccc(F)cc3)nn2)CC1. The van der Waals surface area contributed by atoms with Crippen LogP contribution in [0, 0.1) is 15.9 Å². The van der Waals surface area contributed by atoms with Gasteiger partial charge in [0.2, 0.25) is 0 Å². The first kappa shape index (κ1) is 19.4. The van der Waals surface area contributed by atoms with Gasteiger partial charge in [0.25, 0.3) is 11.6 Å². The topological polar surface area (TPSA) is 92.5 Å². The van der Waals surface area contributed by atoms with Gasteiger partial charge in [-0.1, -0.05) is 6.07 Å². The first-order valence-electron chi connectivity index (χ1n) is 9.39. The van der Waals surface area contributed by atoms with Crippen molar-refractivity contribution in [3.8, 4) is 11.3 Å². The minimum absolute atomic E-state index is 0.101. The van der Waals surface area contributed by atoms with E-state index >= 15 is 0 Å². The summed E-state index contributed by atoms with van der Waals surface area (Å²) in [6.07, 6.45) is 0. The average molecular weight is 407 g/mol. The molecule has 30 heavy (non-hydrogen) atoms. The van der Waals surface area contributed by atoms with Gasteiger partial charge in [0, 0.05) is 49.4 Å². The highest BCUT2D eigenvalue weighted by Gasteiger charge is 2.24. The maximum absolute atomic E-state index is 13.1. The number of benzene rings is 2. The molecule has 4 rings (SSSR count). The molecule has 1 amide bonds. The molecule has 0 aliphatic carbocycles. The molecule has 0 saturated carbocycles. The molecule has 1 fully saturated rings. The minimum Gasteiger partial charge on any atom is -0.352 e. The first-order chi connectivity index (χ1) is 14.5. The van der Waals surface area contributed by atoms with Crippen molar-refractivity contribution in [3.63, 3.8) is 0 Å². The second-order valence-electron chi connectivity index (χ2n) is 6.87. The average Bonchev–Trinajstić information content (AvgIpc) is 2.79. The van der Waals surface area contributed by atoms with Gasteiger partial charge in [0.05, 0.1) is 10.6 Å². The quantitative estimate of drug-likeness (QED) is 0.487. The summed E-state index contributed by atoms with van der Waals surface area (Å²) < 4.78 is 13.1. The van der Waals surface area contributed by atoms with Crippen molar-refractivity contribution >= 4 is 17.4 Å². The third-order valence-electron chi connectivity index (χ3n) is 4.99. The van der Waals surface area contributed by atoms with Crippen molar-refractivity contribution in [1.29, 1.82) is 0 Å². The molecule has 2 aromatic carbocycles. The van der Waals surface area contributed by atoms with E-state index in [1.54, 1.807) is 23.1 Å². The summed E-state index contributed by atoms with van der Waals surface area (Å²) in [5.74, 6) is 0.167. The van der Waals surface area contributed by atoms with Crippen molar-refractivity contribution in [1.82, 2.24) is 15.1 Å². The standard InChI is InChI=1S/C21H18FN5O3/c22-17-6-4-15(5-7-17)19-8-9-20(24-23-19)25-10-12-26(13-11-25)21(28)16-2-1-3-18(14-16)27(29)30/h1-9,14H,10-13H2. The van der Waals surface area contributed by atoms with Crippen molar-refractivity contribution in [2.24, 2.45) is 0 Å². The highest BCUT2D eigenvalue weighted by molar-refractivity contribution is 5.95. The molecule has 9 heteroatoms. The van der Waals surface area contributed by atoms with E-state index in [1.165, 1.54) is 30.3 Å². The zero-order chi connectivity index (χ0) is 21.1. The first-order valence-corrected chi connectivity index (χ1v) is 9.39. The van der Waals surface area contributed by atoms with Crippen molar-refractivity contribution in [3.05, 3.63) is 82.2 Å². The molecule has 3 aromatic rings. The number of carbonyl (C=O) groups is 1. The van der Waals surface area contributed by atoms with E-state index in [9.17, 15) is 19.3 Å². The van der Waals surface area contributed by atoms with Crippen LogP contribution >= 0.6 is 0 Å². The number of hydrogen-bond donors (Lipinski definition) is 0. The molecule has 0 spiro atoms. The molecule has 0 bridgehead atoms. The monoisotopic (exact) mass is 407 g/mol. The molecule has 1 aliphatic heterocycles. The van der Waals surface area contributed by atoms with Crippen molar-refractivity contribution in [2.75, 3.05) is 31.1 Å². The molecule has 0 N–H and O–H groups in total. The lowest BCUT2D eigenvalue weighted by atomic mass is 10.1. The Balaban J connectivity index is 1.39. The second kappa shape index (κ2) is 8.24. The number of nitro groups is 1. The minimum atomic E-state index is -0.511. The maximum atomic E-state index is 13.1. The van der Waals surface area contributed by atoms with Crippen LogP contribution in [0.25, 0.3) is 11.3 Å². The zero-order valence-electron chi connectivity index (χ0n) is 15.9. The number of amides is 1. The number of aromatic nitrogens is 2. The van der Waals surface area contributed by atoms with E-state index < -0.39 is 4.92 Å². The molecule has 0 radical (unpaired) electrons. The number of piperazine rings is 1. The fourth-order valence-corrected chi connectivity index (χ4v) is 3.34. The predicted octanol–water partition coefficient (Wildman–Crippen LogP) is 3.15. The Morgan fingerprint density at radius 2 is 1.70 bits per heavy atom. The van der Waals surface area contributed by atoms with Crippen molar-refractivity contribution < 1.29 is 14.1 Å². The Labute approximate surface area is 171 Å². The van der Waals surface area contributed by atoms with Gasteiger partial charge in [0.15, 0.2) is 5.82 Å². The van der Waals surface area contributed by atoms with Gasteiger partial charge in [-0.15, -0.1) is 10.2 Å². The Morgan fingerprint density at radius 3 is 2.33 bits per heavy atom. The fraction of sp³-hybridized carbons (Fsp3) is 0.190. The van der Waals surface area contributed by atoms with E-state index in [1.807, 2.05) is 17.0 Å². The Hall–Kier alpha value is -3.88. The summed E-state index contributed by atoms with van der Waals surface area (Å²) in [5, 5.41) is 19.4. The summed E-state index contributed by atoms with van der Waals surface area (Å²) in [5.41, 5.74) is 1.64. The van der Waals surface area contributed by atoms with Crippen LogP contribution < -0.4 is 4.90 Å². The molecule has 1 aromatic heterocycles. The van der Waals surface area contributed by atoms with Crippen LogP contribution in [0.4, 0.5) is 15.9 Å². The number of hydrogen-bond acceptors (Lipinski definition) is 6. The lowest BCUT2D eigenvalue weighted by Crippen LogP contribution is -2.49. The van der Waals surface area contributed by atoms with E-state index in [2.05, 4.69) is 10.2 Å². The van der Waals surface area contributed by atoms with Gasteiger partial charge in [-0.05, 0) is 42.5 Å². The summed E-state index contributed by atoms with van der Waals surface area (Å²) in [6, 6.07) is 15.5. The summed E-state index contributed by atoms with van der Waals surface area (Å²) in [6.45, 7) is 2.10. The normalized spacial score (nSPS) is 13.9. The van der Waals surface area contributed by atoms with Crippen LogP contribution in [-0.4, -0.2) is 52.1 Å². The molecule has 0 unspecified atom stereocenters. The Bertz CT molecular complexity index is 1060. The number of nitrogens with zero attached hydrogens (tertiary/aromatic N) is 5. The highest BCUT2D eigenvalue weighted by Crippen LogP contribution is 2.21. The number of anilines is 1. The summed E-state index contributed by atoms with van der Waals surface area (Å²) in [4.78, 5) is 26.8. The molecule has 2 heterocycles. The third-order valence-corrected chi connectivity index (χ3v) is 4.99. The predicted molar refractivity (Wildman–Crippen MR) is 109 cm³/mol. The summed E-state index contributed by atoms with van der Waals surface area (Å²) in [7, 11) is 0. The van der Waals surface area contributed by atoms with Crippen LogP contribution in [0.5, 0.6) is 0 Å². The van der Waals surface area contributed by atoms with Crippen LogP contribution in [0.15, 0.2) is 60.7 Å². The van der Waals surface area contributed by atoms with Crippen LogP contribution in [0.1, 0.15) is 10.4 Å². The second-order valence-corrected chi connectivity index (χ2v) is 6.87. The van der Waals surface area contributed by atoms with E-state index in [0.717, 1.165) is 5.56 Å². The molecule has 0 atom stereocenters. The number of nitro benzene ring substituents is 1. The summed E-state index contributed by atoms with van der Waals surface area (Å²) >= 11 is 0. The molecular weight excluding hydrogens is 389 g/mol. The lowest BCUT2D eigenvalue weighted by Gasteiger charge is -2.35. The maximum Gasteiger partial charge on any atom is 0.270 e. The fourth-order valence-electron chi connectivity index (χ4n) is 3.34.